The van der Waals surface area contributed by atoms with E-state index < -0.39 is 4.92 Å². The van der Waals surface area contributed by atoms with Crippen molar-refractivity contribution in [3.63, 3.8) is 0 Å². The van der Waals surface area contributed by atoms with Gasteiger partial charge in [-0.3, -0.25) is 14.9 Å². The molecule has 0 radical (unpaired) electrons. The zero-order chi connectivity index (χ0) is 14.0. The molecule has 1 aliphatic rings. The van der Waals surface area contributed by atoms with Gasteiger partial charge < -0.3 is 16.0 Å². The summed E-state index contributed by atoms with van der Waals surface area (Å²) in [7, 11) is 1.77. The quantitative estimate of drug-likeness (QED) is 0.620. The monoisotopic (exact) mass is 264 g/mol. The highest BCUT2D eigenvalue weighted by Gasteiger charge is 2.24. The second-order valence-electron chi connectivity index (χ2n) is 4.51. The first kappa shape index (κ1) is 13.3. The van der Waals surface area contributed by atoms with Gasteiger partial charge in [0.2, 0.25) is 5.91 Å². The molecule has 2 rings (SSSR count). The third kappa shape index (κ3) is 2.65. The molecule has 0 saturated carbocycles. The van der Waals surface area contributed by atoms with Crippen LogP contribution in [0, 0.1) is 10.1 Å². The van der Waals surface area contributed by atoms with Gasteiger partial charge >= 0.3 is 0 Å². The van der Waals surface area contributed by atoms with Gasteiger partial charge in [-0.15, -0.1) is 0 Å². The number of nitro benzene ring substituents is 1. The van der Waals surface area contributed by atoms with Gasteiger partial charge in [0.05, 0.1) is 10.6 Å². The lowest BCUT2D eigenvalue weighted by Gasteiger charge is -2.22. The molecule has 0 spiro atoms. The number of likely N-dealkylation sites (N-methyl/N-ethyl adjacent to an activating group) is 1. The van der Waals surface area contributed by atoms with Crippen LogP contribution in [-0.4, -0.2) is 31.0 Å². The van der Waals surface area contributed by atoms with Crippen LogP contribution in [0.25, 0.3) is 0 Å². The van der Waals surface area contributed by atoms with E-state index in [1.54, 1.807) is 18.0 Å². The number of nitro groups is 1. The predicted octanol–water partition coefficient (Wildman–Crippen LogP) is 0.874. The van der Waals surface area contributed by atoms with Crippen LogP contribution in [0.4, 0.5) is 17.1 Å². The molecule has 102 valence electrons. The van der Waals surface area contributed by atoms with Crippen LogP contribution in [0.3, 0.4) is 0 Å². The fourth-order valence-electron chi connectivity index (χ4n) is 2.17. The van der Waals surface area contributed by atoms with Crippen LogP contribution >= 0.6 is 0 Å². The third-order valence-corrected chi connectivity index (χ3v) is 3.17. The zero-order valence-electron chi connectivity index (χ0n) is 10.7. The standard InChI is InChI=1S/C12H16N4O3/c1-15(5-4-13)10-6-8-2-3-12(17)14-9(8)7-11(10)16(18)19/h6-7H,2-5,13H2,1H3,(H,14,17). The summed E-state index contributed by atoms with van der Waals surface area (Å²) in [5, 5.41) is 13.8. The Morgan fingerprint density at radius 1 is 1.47 bits per heavy atom. The van der Waals surface area contributed by atoms with Crippen molar-refractivity contribution in [1.82, 2.24) is 0 Å². The molecule has 1 heterocycles. The van der Waals surface area contributed by atoms with Crippen molar-refractivity contribution >= 4 is 23.0 Å². The summed E-state index contributed by atoms with van der Waals surface area (Å²) in [5.41, 5.74) is 7.45. The van der Waals surface area contributed by atoms with Gasteiger partial charge in [-0.25, -0.2) is 0 Å². The van der Waals surface area contributed by atoms with Crippen molar-refractivity contribution in [2.45, 2.75) is 12.8 Å². The summed E-state index contributed by atoms with van der Waals surface area (Å²) < 4.78 is 0. The normalized spacial score (nSPS) is 13.7. The van der Waals surface area contributed by atoms with E-state index in [1.165, 1.54) is 6.07 Å². The molecule has 19 heavy (non-hydrogen) atoms. The first-order valence-electron chi connectivity index (χ1n) is 6.05. The number of carbonyl (C=O) groups excluding carboxylic acids is 1. The number of hydrogen-bond acceptors (Lipinski definition) is 5. The number of anilines is 2. The average Bonchev–Trinajstić information content (AvgIpc) is 2.37. The Morgan fingerprint density at radius 2 is 2.21 bits per heavy atom. The smallest absolute Gasteiger partial charge is 0.294 e. The van der Waals surface area contributed by atoms with Crippen LogP contribution < -0.4 is 16.0 Å². The average molecular weight is 264 g/mol. The van der Waals surface area contributed by atoms with Gasteiger partial charge in [0.25, 0.3) is 5.69 Å². The van der Waals surface area contributed by atoms with E-state index >= 15 is 0 Å². The molecule has 1 aromatic rings. The summed E-state index contributed by atoms with van der Waals surface area (Å²) in [5.74, 6) is -0.107. The number of fused-ring (bicyclic) bond motifs is 1. The van der Waals surface area contributed by atoms with E-state index in [0.29, 0.717) is 37.3 Å². The van der Waals surface area contributed by atoms with Crippen LogP contribution in [0.5, 0.6) is 0 Å². The molecular weight excluding hydrogens is 248 g/mol. The van der Waals surface area contributed by atoms with E-state index in [-0.39, 0.29) is 11.6 Å². The van der Waals surface area contributed by atoms with Crippen molar-refractivity contribution in [3.05, 3.63) is 27.8 Å². The SMILES string of the molecule is CN(CCN)c1cc2c(cc1[N+](=O)[O-])NC(=O)CC2. The summed E-state index contributed by atoms with van der Waals surface area (Å²) in [6.07, 6.45) is 1.01. The molecule has 0 aliphatic carbocycles. The number of nitrogens with two attached hydrogens (primary N) is 1. The Morgan fingerprint density at radius 3 is 2.84 bits per heavy atom. The van der Waals surface area contributed by atoms with E-state index in [2.05, 4.69) is 5.32 Å². The Bertz CT molecular complexity index is 530. The summed E-state index contributed by atoms with van der Waals surface area (Å²) in [6.45, 7) is 0.952. The van der Waals surface area contributed by atoms with Gasteiger partial charge in [-0.1, -0.05) is 0 Å². The summed E-state index contributed by atoms with van der Waals surface area (Å²) in [4.78, 5) is 23.8. The molecule has 0 saturated heterocycles. The van der Waals surface area contributed by atoms with Crippen molar-refractivity contribution in [3.8, 4) is 0 Å². The number of amides is 1. The molecule has 3 N–H and O–H groups in total. The second-order valence-corrected chi connectivity index (χ2v) is 4.51. The number of aryl methyl sites for hydroxylation is 1. The van der Waals surface area contributed by atoms with Crippen LogP contribution in [0.2, 0.25) is 0 Å². The Balaban J connectivity index is 2.47. The minimum absolute atomic E-state index is 0.0168. The summed E-state index contributed by atoms with van der Waals surface area (Å²) >= 11 is 0. The molecule has 0 bridgehead atoms. The fourth-order valence-corrected chi connectivity index (χ4v) is 2.17. The highest BCUT2D eigenvalue weighted by atomic mass is 16.6. The van der Waals surface area contributed by atoms with Gasteiger partial charge in [-0.05, 0) is 18.1 Å². The number of nitrogens with zero attached hydrogens (tertiary/aromatic N) is 2. The lowest BCUT2D eigenvalue weighted by molar-refractivity contribution is -0.384. The van der Waals surface area contributed by atoms with Crippen molar-refractivity contribution < 1.29 is 9.72 Å². The number of rotatable bonds is 4. The Labute approximate surface area is 110 Å². The number of hydrogen-bond donors (Lipinski definition) is 2. The van der Waals surface area contributed by atoms with Crippen molar-refractivity contribution in [2.75, 3.05) is 30.4 Å². The van der Waals surface area contributed by atoms with Gasteiger partial charge in [0.15, 0.2) is 0 Å². The maximum Gasteiger partial charge on any atom is 0.294 e. The Hall–Kier alpha value is -2.15. The first-order chi connectivity index (χ1) is 9.02. The van der Waals surface area contributed by atoms with E-state index in [0.717, 1.165) is 5.56 Å². The maximum atomic E-state index is 11.3. The van der Waals surface area contributed by atoms with Crippen LogP contribution in [0.1, 0.15) is 12.0 Å². The fraction of sp³-hybridized carbons (Fsp3) is 0.417. The molecule has 0 unspecified atom stereocenters. The molecule has 1 aromatic carbocycles. The number of benzene rings is 1. The third-order valence-electron chi connectivity index (χ3n) is 3.17. The molecule has 0 aromatic heterocycles. The van der Waals surface area contributed by atoms with Crippen LogP contribution in [-0.2, 0) is 11.2 Å². The van der Waals surface area contributed by atoms with Gasteiger partial charge in [0, 0.05) is 32.6 Å². The maximum absolute atomic E-state index is 11.3. The molecule has 1 aliphatic heterocycles. The van der Waals surface area contributed by atoms with Gasteiger partial charge in [0.1, 0.15) is 5.69 Å². The molecule has 0 atom stereocenters. The van der Waals surface area contributed by atoms with Crippen LogP contribution in [0.15, 0.2) is 12.1 Å². The number of carbonyl (C=O) groups is 1. The molecule has 7 heteroatoms. The minimum Gasteiger partial charge on any atom is -0.368 e. The molecule has 1 amide bonds. The largest absolute Gasteiger partial charge is 0.368 e. The Kier molecular flexibility index (Phi) is 3.66. The zero-order valence-corrected chi connectivity index (χ0v) is 10.7. The van der Waals surface area contributed by atoms with E-state index in [1.807, 2.05) is 0 Å². The lowest BCUT2D eigenvalue weighted by atomic mass is 10.0. The number of nitrogens with one attached hydrogen (secondary N) is 1. The topological polar surface area (TPSA) is 102 Å². The lowest BCUT2D eigenvalue weighted by Crippen LogP contribution is -2.26. The second kappa shape index (κ2) is 5.23. The minimum atomic E-state index is -0.441. The van der Waals surface area contributed by atoms with Crippen molar-refractivity contribution in [2.24, 2.45) is 5.73 Å². The molecule has 0 fully saturated rings. The summed E-state index contributed by atoms with van der Waals surface area (Å²) in [6, 6.07) is 3.19. The molecule has 7 nitrogen and oxygen atoms in total. The highest BCUT2D eigenvalue weighted by molar-refractivity contribution is 5.95. The predicted molar refractivity (Wildman–Crippen MR) is 72.4 cm³/mol. The van der Waals surface area contributed by atoms with Gasteiger partial charge in [-0.2, -0.15) is 0 Å². The van der Waals surface area contributed by atoms with E-state index in [9.17, 15) is 14.9 Å². The first-order valence-corrected chi connectivity index (χ1v) is 6.05. The van der Waals surface area contributed by atoms with Crippen molar-refractivity contribution in [1.29, 1.82) is 0 Å². The molecular formula is C12H16N4O3. The highest BCUT2D eigenvalue weighted by Crippen LogP contribution is 2.35. The van der Waals surface area contributed by atoms with E-state index in [4.69, 9.17) is 5.73 Å².